The van der Waals surface area contributed by atoms with Gasteiger partial charge in [0.05, 0.1) is 36.9 Å². The molecule has 0 spiro atoms. The standard InChI is InChI=1S/C51H85NO18/c1-24(13-19-50(10,64)46(3,4)5)26-15-20-51(45(63)70-43-40(62)35(57)29(56)23-65-43)28-11-12-32-47(6,7)33(16-17-48(32,8)27(28)14-18-49(26,51)9)68-44-41(39(61)37(59)31(22-54)67-44)69-42-34(52-25(2)55)38(60)36(58)30(21-53)66-42/h24,26,29-44,53-54,56-62,64H,11-23H2,1-10H3,(H,52,55)/t24-,26-,29-,30-,31-,32?,33+,34-,35+,36-,37+,38-,39+,40-,41-,42+,43+,44+,48-,49-,50?,51+/m1/s1. The zero-order chi connectivity index (χ0) is 51.8. The molecule has 1 amide bonds. The minimum atomic E-state index is -1.72. The molecule has 11 N–H and O–H groups in total. The van der Waals surface area contributed by atoms with Crippen LogP contribution in [0.25, 0.3) is 0 Å². The fourth-order valence-electron chi connectivity index (χ4n) is 14.3. The van der Waals surface area contributed by atoms with E-state index in [4.69, 9.17) is 28.4 Å². The molecule has 0 aromatic heterocycles. The summed E-state index contributed by atoms with van der Waals surface area (Å²) in [6.45, 7) is 18.4. The van der Waals surface area contributed by atoms with Crippen LogP contribution in [-0.2, 0) is 38.0 Å². The van der Waals surface area contributed by atoms with Crippen molar-refractivity contribution in [3.63, 3.8) is 0 Å². The van der Waals surface area contributed by atoms with E-state index in [1.54, 1.807) is 0 Å². The second-order valence-corrected chi connectivity index (χ2v) is 24.4. The second-order valence-electron chi connectivity index (χ2n) is 24.4. The summed E-state index contributed by atoms with van der Waals surface area (Å²) in [4.78, 5) is 27.6. The number of hydrogen-bond donors (Lipinski definition) is 11. The van der Waals surface area contributed by atoms with Crippen LogP contribution in [0.2, 0.25) is 0 Å². The number of carbonyl (C=O) groups is 2. The molecule has 19 nitrogen and oxygen atoms in total. The van der Waals surface area contributed by atoms with Gasteiger partial charge in [0.25, 0.3) is 0 Å². The first kappa shape index (κ1) is 55.8. The molecule has 7 rings (SSSR count). The predicted molar refractivity (Wildman–Crippen MR) is 249 cm³/mol. The number of esters is 1. The summed E-state index contributed by atoms with van der Waals surface area (Å²) >= 11 is 0. The van der Waals surface area contributed by atoms with Gasteiger partial charge in [-0.25, -0.2) is 0 Å². The van der Waals surface area contributed by atoms with Crippen molar-refractivity contribution in [3.05, 3.63) is 11.1 Å². The third kappa shape index (κ3) is 9.45. The molecule has 3 saturated heterocycles. The first-order valence-electron chi connectivity index (χ1n) is 25.7. The molecule has 4 aliphatic carbocycles. The molecule has 22 atom stereocenters. The Bertz CT molecular complexity index is 1910. The first-order valence-corrected chi connectivity index (χ1v) is 25.7. The van der Waals surface area contributed by atoms with Gasteiger partial charge in [0, 0.05) is 6.92 Å². The molecule has 2 unspecified atom stereocenters. The zero-order valence-electron chi connectivity index (χ0n) is 42.8. The van der Waals surface area contributed by atoms with E-state index in [0.717, 1.165) is 24.8 Å². The number of aliphatic hydroxyl groups is 10. The van der Waals surface area contributed by atoms with E-state index in [2.05, 4.69) is 39.9 Å². The van der Waals surface area contributed by atoms with Gasteiger partial charge in [0.2, 0.25) is 12.2 Å². The molecule has 19 heteroatoms. The zero-order valence-corrected chi connectivity index (χ0v) is 42.8. The van der Waals surface area contributed by atoms with Crippen LogP contribution in [0.15, 0.2) is 11.1 Å². The maximum absolute atomic E-state index is 15.4. The van der Waals surface area contributed by atoms with Crippen molar-refractivity contribution in [3.8, 4) is 0 Å². The number of fused-ring (bicyclic) bond motifs is 4. The highest BCUT2D eigenvalue weighted by atomic mass is 16.8. The van der Waals surface area contributed by atoms with Gasteiger partial charge in [0.15, 0.2) is 12.6 Å². The lowest BCUT2D eigenvalue weighted by Crippen LogP contribution is -2.68. The van der Waals surface area contributed by atoms with Crippen LogP contribution in [0.1, 0.15) is 133 Å². The van der Waals surface area contributed by atoms with Crippen molar-refractivity contribution in [1.29, 1.82) is 0 Å². The van der Waals surface area contributed by atoms with Crippen molar-refractivity contribution in [2.45, 2.75) is 231 Å². The molecule has 3 aliphatic heterocycles. The molecule has 2 saturated carbocycles. The number of nitrogens with one attached hydrogen (secondary N) is 1. The molecule has 7 aliphatic rings. The number of allylic oxidation sites excluding steroid dienone is 1. The lowest BCUT2D eigenvalue weighted by molar-refractivity contribution is -0.367. The SMILES string of the molecule is CC(=O)N[C@H]1[C@H](O[C@H]2[C@H](O[C@H]3CC[C@]4(C)C5=C(CCC4C3(C)C)[C@]3(C(=O)O[C@@H]4OC[C@@H](O)[C@H](O)[C@H]4O)CC[C@H]([C@H](C)CCC(C)(O)C(C)(C)C)[C@@]3(C)CC5)O[C@H](CO)[C@H](O)[C@@H]2O)O[C@H](CO)[C@@H](O)[C@@H]1O. The van der Waals surface area contributed by atoms with Crippen LogP contribution in [0.3, 0.4) is 0 Å². The summed E-state index contributed by atoms with van der Waals surface area (Å²) in [7, 11) is 0. The number of ether oxygens (including phenoxy) is 6. The van der Waals surface area contributed by atoms with Crippen molar-refractivity contribution in [2.75, 3.05) is 19.8 Å². The highest BCUT2D eigenvalue weighted by Crippen LogP contribution is 2.73. The number of hydrogen-bond acceptors (Lipinski definition) is 18. The van der Waals surface area contributed by atoms with Gasteiger partial charge in [-0.1, -0.05) is 66.5 Å². The van der Waals surface area contributed by atoms with E-state index in [9.17, 15) is 55.9 Å². The van der Waals surface area contributed by atoms with E-state index < -0.39 is 144 Å². The number of rotatable bonds is 13. The van der Waals surface area contributed by atoms with Gasteiger partial charge in [-0.2, -0.15) is 0 Å². The Labute approximate surface area is 412 Å². The van der Waals surface area contributed by atoms with E-state index in [1.807, 2.05) is 27.7 Å². The topological polar surface area (TPSA) is 304 Å². The average molecular weight is 1000 g/mol. The molecule has 70 heavy (non-hydrogen) atoms. The number of amides is 1. The largest absolute Gasteiger partial charge is 0.432 e. The van der Waals surface area contributed by atoms with Crippen LogP contribution in [-0.4, -0.2) is 180 Å². The van der Waals surface area contributed by atoms with Crippen LogP contribution in [0, 0.1) is 44.8 Å². The van der Waals surface area contributed by atoms with E-state index in [1.165, 1.54) is 12.5 Å². The smallest absolute Gasteiger partial charge is 0.319 e. The van der Waals surface area contributed by atoms with Gasteiger partial charge in [-0.15, -0.1) is 0 Å². The summed E-state index contributed by atoms with van der Waals surface area (Å²) in [6, 6.07) is -1.37. The van der Waals surface area contributed by atoms with Crippen molar-refractivity contribution >= 4 is 11.9 Å². The Balaban J connectivity index is 1.20. The molecule has 402 valence electrons. The van der Waals surface area contributed by atoms with Gasteiger partial charge in [0.1, 0.15) is 67.1 Å². The van der Waals surface area contributed by atoms with Crippen molar-refractivity contribution < 1.29 is 89.1 Å². The molecule has 3 heterocycles. The summed E-state index contributed by atoms with van der Waals surface area (Å²) in [5, 5.41) is 110. The predicted octanol–water partition coefficient (Wildman–Crippen LogP) is 1.06. The van der Waals surface area contributed by atoms with Crippen LogP contribution >= 0.6 is 0 Å². The Hall–Kier alpha value is -1.92. The highest BCUT2D eigenvalue weighted by molar-refractivity contribution is 5.84. The minimum absolute atomic E-state index is 0.0225. The molecular formula is C51H85NO18. The third-order valence-corrected chi connectivity index (χ3v) is 19.3. The van der Waals surface area contributed by atoms with Gasteiger partial charge in [-0.05, 0) is 111 Å². The third-order valence-electron chi connectivity index (χ3n) is 19.3. The van der Waals surface area contributed by atoms with E-state index in [-0.39, 0.29) is 29.8 Å². The van der Waals surface area contributed by atoms with Crippen molar-refractivity contribution in [1.82, 2.24) is 5.32 Å². The molecule has 5 fully saturated rings. The quantitative estimate of drug-likeness (QED) is 0.0908. The lowest BCUT2D eigenvalue weighted by Gasteiger charge is -2.62. The summed E-state index contributed by atoms with van der Waals surface area (Å²) in [6.07, 6.45) is -14.1. The van der Waals surface area contributed by atoms with Crippen LogP contribution in [0.5, 0.6) is 0 Å². The number of carbonyl (C=O) groups excluding carboxylic acids is 2. The maximum atomic E-state index is 15.4. The summed E-state index contributed by atoms with van der Waals surface area (Å²) < 4.78 is 36.9. The fraction of sp³-hybridized carbons (Fsp3) is 0.922. The summed E-state index contributed by atoms with van der Waals surface area (Å²) in [5.41, 5.74) is -1.76. The normalized spacial score (nSPS) is 46.5. The Morgan fingerprint density at radius 3 is 2.00 bits per heavy atom. The van der Waals surface area contributed by atoms with E-state index in [0.29, 0.717) is 44.9 Å². The molecule has 0 radical (unpaired) electrons. The maximum Gasteiger partial charge on any atom is 0.319 e. The Morgan fingerprint density at radius 2 is 1.39 bits per heavy atom. The van der Waals surface area contributed by atoms with E-state index >= 15 is 4.79 Å². The lowest BCUT2D eigenvalue weighted by atomic mass is 9.43. The number of aliphatic hydroxyl groups excluding tert-OH is 9. The molecule has 0 aromatic rings. The minimum Gasteiger partial charge on any atom is -0.432 e. The Morgan fingerprint density at radius 1 is 0.757 bits per heavy atom. The molecule has 0 bridgehead atoms. The Kier molecular flexibility index (Phi) is 16.2. The molecule has 0 aromatic carbocycles. The van der Waals surface area contributed by atoms with Crippen LogP contribution in [0.4, 0.5) is 0 Å². The molecular weight excluding hydrogens is 915 g/mol. The van der Waals surface area contributed by atoms with Crippen LogP contribution < -0.4 is 5.32 Å². The van der Waals surface area contributed by atoms with Gasteiger partial charge >= 0.3 is 5.97 Å². The fourth-order valence-corrected chi connectivity index (χ4v) is 14.3. The highest BCUT2D eigenvalue weighted by Gasteiger charge is 2.70. The second kappa shape index (κ2) is 20.3. The summed E-state index contributed by atoms with van der Waals surface area (Å²) in [5.74, 6) is -0.909. The average Bonchev–Trinajstić information content (AvgIpc) is 3.62. The monoisotopic (exact) mass is 1000 g/mol. The first-order chi connectivity index (χ1) is 32.5. The van der Waals surface area contributed by atoms with Gasteiger partial charge in [-0.3, -0.25) is 9.59 Å². The van der Waals surface area contributed by atoms with Crippen molar-refractivity contribution in [2.24, 2.45) is 44.8 Å². The van der Waals surface area contributed by atoms with Gasteiger partial charge < -0.3 is 84.8 Å².